The van der Waals surface area contributed by atoms with Gasteiger partial charge >= 0.3 is 17.7 Å². The number of nitrogen functional groups attached to an aromatic ring is 1. The van der Waals surface area contributed by atoms with E-state index in [9.17, 15) is 9.59 Å². The number of carboxylic acid groups (broad SMARTS) is 1. The molecule has 200 valence electrons. The Balaban J connectivity index is 1.22. The predicted octanol–water partition coefficient (Wildman–Crippen LogP) is 2.50. The number of hydrogen-bond donors (Lipinski definition) is 3. The Labute approximate surface area is 216 Å². The lowest BCUT2D eigenvalue weighted by atomic mass is 10.1. The number of unbranched alkanes of at least 4 members (excludes halogenated alkanes) is 3. The van der Waals surface area contributed by atoms with Crippen molar-refractivity contribution < 1.29 is 14.6 Å². The highest BCUT2D eigenvalue weighted by molar-refractivity contribution is 5.81. The van der Waals surface area contributed by atoms with Crippen LogP contribution in [-0.4, -0.2) is 74.8 Å². The summed E-state index contributed by atoms with van der Waals surface area (Å²) in [5, 5.41) is 9.04. The average Bonchev–Trinajstić information content (AvgIpc) is 3.20. The number of anilines is 2. The van der Waals surface area contributed by atoms with E-state index in [-0.39, 0.29) is 23.9 Å². The molecule has 1 aliphatic heterocycles. The van der Waals surface area contributed by atoms with E-state index < -0.39 is 5.97 Å². The van der Waals surface area contributed by atoms with Gasteiger partial charge in [0.2, 0.25) is 0 Å². The summed E-state index contributed by atoms with van der Waals surface area (Å²) in [6, 6.07) is 8.03. The highest BCUT2D eigenvalue weighted by Gasteiger charge is 2.18. The molecule has 37 heavy (non-hydrogen) atoms. The maximum absolute atomic E-state index is 12.5. The van der Waals surface area contributed by atoms with Gasteiger partial charge in [-0.2, -0.15) is 9.97 Å². The van der Waals surface area contributed by atoms with E-state index in [0.29, 0.717) is 24.3 Å². The van der Waals surface area contributed by atoms with Crippen molar-refractivity contribution in [2.75, 3.05) is 50.0 Å². The molecule has 1 saturated heterocycles. The molecule has 3 aromatic rings. The van der Waals surface area contributed by atoms with Crippen LogP contribution in [0.3, 0.4) is 0 Å². The molecule has 4 rings (SSSR count). The van der Waals surface area contributed by atoms with E-state index in [1.54, 1.807) is 4.57 Å². The fraction of sp³-hybridized carbons (Fsp3) is 0.538. The number of nitrogens with one attached hydrogen (secondary N) is 1. The summed E-state index contributed by atoms with van der Waals surface area (Å²) < 4.78 is 7.22. The van der Waals surface area contributed by atoms with Gasteiger partial charge in [-0.3, -0.25) is 14.3 Å². The number of ether oxygens (including phenoxy) is 1. The fourth-order valence-electron chi connectivity index (χ4n) is 4.66. The van der Waals surface area contributed by atoms with E-state index >= 15 is 0 Å². The Morgan fingerprint density at radius 1 is 1.11 bits per heavy atom. The number of aromatic amines is 1. The van der Waals surface area contributed by atoms with E-state index in [4.69, 9.17) is 15.6 Å². The van der Waals surface area contributed by atoms with E-state index in [1.807, 2.05) is 24.3 Å². The van der Waals surface area contributed by atoms with Gasteiger partial charge in [0, 0.05) is 38.4 Å². The Bertz CT molecular complexity index is 1250. The van der Waals surface area contributed by atoms with Crippen LogP contribution in [0.25, 0.3) is 11.2 Å². The zero-order valence-electron chi connectivity index (χ0n) is 21.5. The molecule has 4 N–H and O–H groups in total. The first-order chi connectivity index (χ1) is 17.9. The third-order valence-electron chi connectivity index (χ3n) is 6.72. The molecule has 0 radical (unpaired) electrons. The maximum Gasteiger partial charge on any atom is 0.327 e. The van der Waals surface area contributed by atoms with Gasteiger partial charge in [0.15, 0.2) is 11.5 Å². The number of rotatable bonds is 13. The van der Waals surface area contributed by atoms with Crippen molar-refractivity contribution in [2.45, 2.75) is 52.0 Å². The molecule has 0 amide bonds. The van der Waals surface area contributed by atoms with Crippen molar-refractivity contribution in [3.05, 3.63) is 40.3 Å². The molecule has 1 aromatic carbocycles. The number of nitrogens with zero attached hydrogens (tertiary/aromatic N) is 5. The van der Waals surface area contributed by atoms with Crippen molar-refractivity contribution >= 4 is 28.6 Å². The number of benzene rings is 1. The van der Waals surface area contributed by atoms with Gasteiger partial charge in [0.05, 0.1) is 13.0 Å². The summed E-state index contributed by atoms with van der Waals surface area (Å²) in [4.78, 5) is 39.6. The van der Waals surface area contributed by atoms with Gasteiger partial charge in [-0.15, -0.1) is 0 Å². The molecule has 11 nitrogen and oxygen atoms in total. The minimum Gasteiger partial charge on any atom is -0.481 e. The van der Waals surface area contributed by atoms with Crippen LogP contribution in [0.15, 0.2) is 29.1 Å². The number of aromatic nitrogens is 4. The summed E-state index contributed by atoms with van der Waals surface area (Å²) in [5.74, 6) is -0.588. The summed E-state index contributed by atoms with van der Waals surface area (Å²) in [7, 11) is 0. The SMILES string of the molecule is CCCCOc1nc(N)c2[nH]c(=O)n(CCCCCN3CCN(c4cccc(CC(=O)O)c4)CC3)c2n1. The monoisotopic (exact) mass is 511 g/mol. The molecular formula is C26H37N7O4. The highest BCUT2D eigenvalue weighted by Crippen LogP contribution is 2.20. The molecule has 0 aliphatic carbocycles. The number of piperazine rings is 1. The van der Waals surface area contributed by atoms with Gasteiger partial charge < -0.3 is 25.5 Å². The first-order valence-electron chi connectivity index (χ1n) is 13.1. The number of H-pyrrole nitrogens is 1. The van der Waals surface area contributed by atoms with Gasteiger partial charge in [-0.25, -0.2) is 4.79 Å². The van der Waals surface area contributed by atoms with Crippen molar-refractivity contribution in [3.8, 4) is 6.01 Å². The maximum atomic E-state index is 12.5. The largest absolute Gasteiger partial charge is 0.481 e. The number of carboxylic acids is 1. The second-order valence-electron chi connectivity index (χ2n) is 9.50. The minimum absolute atomic E-state index is 0.0483. The third-order valence-corrected chi connectivity index (χ3v) is 6.72. The Morgan fingerprint density at radius 3 is 2.65 bits per heavy atom. The molecule has 0 unspecified atom stereocenters. The van der Waals surface area contributed by atoms with Crippen molar-refractivity contribution in [1.82, 2.24) is 24.4 Å². The zero-order chi connectivity index (χ0) is 26.2. The minimum atomic E-state index is -0.810. The smallest absolute Gasteiger partial charge is 0.327 e. The van der Waals surface area contributed by atoms with Gasteiger partial charge in [0.1, 0.15) is 5.52 Å². The number of carbonyl (C=O) groups is 1. The Hall–Kier alpha value is -3.60. The van der Waals surface area contributed by atoms with Gasteiger partial charge in [-0.05, 0) is 43.5 Å². The molecule has 0 atom stereocenters. The molecule has 1 fully saturated rings. The first-order valence-corrected chi connectivity index (χ1v) is 13.1. The van der Waals surface area contributed by atoms with Gasteiger partial charge in [0.25, 0.3) is 0 Å². The predicted molar refractivity (Wildman–Crippen MR) is 143 cm³/mol. The molecule has 0 spiro atoms. The van der Waals surface area contributed by atoms with Crippen molar-refractivity contribution in [3.63, 3.8) is 0 Å². The molecule has 1 aliphatic rings. The van der Waals surface area contributed by atoms with Crippen LogP contribution >= 0.6 is 0 Å². The highest BCUT2D eigenvalue weighted by atomic mass is 16.5. The number of aryl methyl sites for hydroxylation is 1. The Kier molecular flexibility index (Phi) is 8.99. The standard InChI is InChI=1S/C26H37N7O4/c1-2-3-16-37-25-29-23(27)22-24(30-25)33(26(36)28-22)11-6-4-5-10-31-12-14-32(15-13-31)20-9-7-8-19(17-20)18-21(34)35/h7-9,17H,2-6,10-16,18H2,1H3,(H,28,36)(H,34,35)(H2,27,29,30). The lowest BCUT2D eigenvalue weighted by Crippen LogP contribution is -2.46. The van der Waals surface area contributed by atoms with E-state index in [2.05, 4.69) is 31.7 Å². The summed E-state index contributed by atoms with van der Waals surface area (Å²) in [5.41, 5.74) is 8.67. The molecular weight excluding hydrogens is 474 g/mol. The lowest BCUT2D eigenvalue weighted by molar-refractivity contribution is -0.136. The molecule has 11 heteroatoms. The molecule has 0 bridgehead atoms. The van der Waals surface area contributed by atoms with E-state index in [1.165, 1.54) is 0 Å². The normalized spacial score (nSPS) is 14.4. The lowest BCUT2D eigenvalue weighted by Gasteiger charge is -2.36. The molecule has 0 saturated carbocycles. The van der Waals surface area contributed by atoms with Crippen LogP contribution in [0.4, 0.5) is 11.5 Å². The van der Waals surface area contributed by atoms with Crippen LogP contribution in [0.5, 0.6) is 6.01 Å². The van der Waals surface area contributed by atoms with Crippen LogP contribution in [-0.2, 0) is 17.8 Å². The van der Waals surface area contributed by atoms with Crippen LogP contribution < -0.4 is 21.1 Å². The van der Waals surface area contributed by atoms with E-state index in [0.717, 1.165) is 76.1 Å². The summed E-state index contributed by atoms with van der Waals surface area (Å²) >= 11 is 0. The zero-order valence-corrected chi connectivity index (χ0v) is 21.5. The van der Waals surface area contributed by atoms with Crippen molar-refractivity contribution in [2.24, 2.45) is 0 Å². The second-order valence-corrected chi connectivity index (χ2v) is 9.50. The third kappa shape index (κ3) is 7.00. The fourth-order valence-corrected chi connectivity index (χ4v) is 4.66. The quantitative estimate of drug-likeness (QED) is 0.295. The van der Waals surface area contributed by atoms with Crippen LogP contribution in [0.1, 0.15) is 44.6 Å². The topological polar surface area (TPSA) is 143 Å². The first kappa shape index (κ1) is 26.5. The van der Waals surface area contributed by atoms with Crippen LogP contribution in [0.2, 0.25) is 0 Å². The number of fused-ring (bicyclic) bond motifs is 1. The van der Waals surface area contributed by atoms with Crippen molar-refractivity contribution in [1.29, 1.82) is 0 Å². The number of imidazole rings is 1. The number of hydrogen-bond acceptors (Lipinski definition) is 8. The summed E-state index contributed by atoms with van der Waals surface area (Å²) in [6.07, 6.45) is 4.86. The second kappa shape index (κ2) is 12.6. The molecule has 3 heterocycles. The number of nitrogens with two attached hydrogens (primary N) is 1. The Morgan fingerprint density at radius 2 is 1.89 bits per heavy atom. The number of aliphatic carboxylic acids is 1. The molecule has 2 aromatic heterocycles. The average molecular weight is 512 g/mol. The summed E-state index contributed by atoms with van der Waals surface area (Å²) in [6.45, 7) is 7.96. The van der Waals surface area contributed by atoms with Crippen LogP contribution in [0, 0.1) is 0 Å². The van der Waals surface area contributed by atoms with Gasteiger partial charge in [-0.1, -0.05) is 31.9 Å².